The number of carbonyl (C=O) groups excluding carboxylic acids is 1. The van der Waals surface area contributed by atoms with E-state index >= 15 is 0 Å². The van der Waals surface area contributed by atoms with Gasteiger partial charge in [-0.25, -0.2) is 0 Å². The minimum absolute atomic E-state index is 0.0406. The summed E-state index contributed by atoms with van der Waals surface area (Å²) in [5.41, 5.74) is 1.88. The van der Waals surface area contributed by atoms with E-state index in [1.165, 1.54) is 5.56 Å². The van der Waals surface area contributed by atoms with Gasteiger partial charge in [-0.3, -0.25) is 14.4 Å². The molecular weight excluding hydrogens is 312 g/mol. The molecule has 0 spiro atoms. The summed E-state index contributed by atoms with van der Waals surface area (Å²) in [6.07, 6.45) is 3.58. The van der Waals surface area contributed by atoms with Gasteiger partial charge in [0.25, 0.3) is 5.91 Å². The van der Waals surface area contributed by atoms with Gasteiger partial charge in [0.1, 0.15) is 5.69 Å². The minimum Gasteiger partial charge on any atom is -0.348 e. The first kappa shape index (κ1) is 16.0. The van der Waals surface area contributed by atoms with E-state index in [1.807, 2.05) is 12.1 Å². The predicted molar refractivity (Wildman–Crippen MR) is 90.4 cm³/mol. The number of piperidine rings is 1. The number of rotatable bonds is 4. The van der Waals surface area contributed by atoms with E-state index in [0.29, 0.717) is 5.69 Å². The highest BCUT2D eigenvalue weighted by molar-refractivity contribution is 6.30. The van der Waals surface area contributed by atoms with Crippen LogP contribution in [0.25, 0.3) is 0 Å². The molecule has 0 radical (unpaired) electrons. The molecule has 3 rings (SSSR count). The number of aromatic nitrogens is 2. The van der Waals surface area contributed by atoms with Crippen LogP contribution in [0.5, 0.6) is 0 Å². The Morgan fingerprint density at radius 1 is 1.26 bits per heavy atom. The maximum absolute atomic E-state index is 12.2. The Kier molecular flexibility index (Phi) is 4.98. The largest absolute Gasteiger partial charge is 0.348 e. The lowest BCUT2D eigenvalue weighted by Gasteiger charge is -2.32. The van der Waals surface area contributed by atoms with Crippen molar-refractivity contribution in [2.24, 2.45) is 7.05 Å². The molecule has 5 nitrogen and oxygen atoms in total. The van der Waals surface area contributed by atoms with Crippen molar-refractivity contribution >= 4 is 17.5 Å². The van der Waals surface area contributed by atoms with E-state index in [1.54, 1.807) is 24.0 Å². The Morgan fingerprint density at radius 3 is 2.57 bits per heavy atom. The van der Waals surface area contributed by atoms with Gasteiger partial charge in [0.15, 0.2) is 0 Å². The summed E-state index contributed by atoms with van der Waals surface area (Å²) < 4.78 is 1.60. The molecule has 2 aromatic rings. The van der Waals surface area contributed by atoms with E-state index in [0.717, 1.165) is 37.5 Å². The van der Waals surface area contributed by atoms with Crippen molar-refractivity contribution in [2.45, 2.75) is 25.4 Å². The normalized spacial score (nSPS) is 16.4. The van der Waals surface area contributed by atoms with E-state index < -0.39 is 0 Å². The lowest BCUT2D eigenvalue weighted by molar-refractivity contribution is 0.0899. The second-order valence-corrected chi connectivity index (χ2v) is 6.43. The van der Waals surface area contributed by atoms with Crippen LogP contribution in [0.2, 0.25) is 5.02 Å². The number of carbonyl (C=O) groups is 1. The summed E-state index contributed by atoms with van der Waals surface area (Å²) >= 11 is 5.92. The van der Waals surface area contributed by atoms with Gasteiger partial charge in [0.2, 0.25) is 0 Å². The fraction of sp³-hybridized carbons (Fsp3) is 0.412. The van der Waals surface area contributed by atoms with Crippen LogP contribution in [0.4, 0.5) is 0 Å². The predicted octanol–water partition coefficient (Wildman–Crippen LogP) is 2.47. The van der Waals surface area contributed by atoms with E-state index in [-0.39, 0.29) is 11.9 Å². The lowest BCUT2D eigenvalue weighted by Crippen LogP contribution is -2.44. The van der Waals surface area contributed by atoms with Crippen LogP contribution in [0, 0.1) is 0 Å². The number of hydrogen-bond donors (Lipinski definition) is 1. The third-order valence-electron chi connectivity index (χ3n) is 4.30. The maximum atomic E-state index is 12.2. The van der Waals surface area contributed by atoms with Crippen LogP contribution in [0.1, 0.15) is 28.9 Å². The Morgan fingerprint density at radius 2 is 1.96 bits per heavy atom. The van der Waals surface area contributed by atoms with Crippen LogP contribution in [-0.2, 0) is 13.6 Å². The summed E-state index contributed by atoms with van der Waals surface area (Å²) in [5.74, 6) is -0.0406. The molecular formula is C17H21ClN4O. The van der Waals surface area contributed by atoms with E-state index in [4.69, 9.17) is 11.6 Å². The number of likely N-dealkylation sites (tertiary alicyclic amines) is 1. The summed E-state index contributed by atoms with van der Waals surface area (Å²) in [6, 6.07) is 9.97. The van der Waals surface area contributed by atoms with Gasteiger partial charge in [0, 0.05) is 43.9 Å². The van der Waals surface area contributed by atoms with Gasteiger partial charge in [-0.05, 0) is 36.6 Å². The first-order valence-corrected chi connectivity index (χ1v) is 8.25. The first-order valence-electron chi connectivity index (χ1n) is 7.87. The first-order chi connectivity index (χ1) is 11.1. The zero-order valence-electron chi connectivity index (χ0n) is 13.2. The molecule has 1 fully saturated rings. The zero-order valence-corrected chi connectivity index (χ0v) is 14.0. The van der Waals surface area contributed by atoms with Crippen LogP contribution < -0.4 is 5.32 Å². The van der Waals surface area contributed by atoms with Crippen LogP contribution in [0.3, 0.4) is 0 Å². The highest BCUT2D eigenvalue weighted by Gasteiger charge is 2.22. The fourth-order valence-electron chi connectivity index (χ4n) is 2.94. The Hall–Kier alpha value is -1.85. The third-order valence-corrected chi connectivity index (χ3v) is 4.55. The number of nitrogens with zero attached hydrogens (tertiary/aromatic N) is 3. The Bertz CT molecular complexity index is 659. The molecule has 0 atom stereocenters. The Balaban J connectivity index is 1.48. The summed E-state index contributed by atoms with van der Waals surface area (Å²) in [5, 5.41) is 7.91. The highest BCUT2D eigenvalue weighted by atomic mass is 35.5. The van der Waals surface area contributed by atoms with E-state index in [2.05, 4.69) is 27.4 Å². The number of benzene rings is 1. The average Bonchev–Trinajstić information content (AvgIpc) is 2.98. The molecule has 1 aliphatic heterocycles. The number of aryl methyl sites for hydroxylation is 1. The number of nitrogens with one attached hydrogen (secondary N) is 1. The van der Waals surface area contributed by atoms with Gasteiger partial charge in [-0.2, -0.15) is 5.10 Å². The van der Waals surface area contributed by atoms with Crippen molar-refractivity contribution in [2.75, 3.05) is 13.1 Å². The fourth-order valence-corrected chi connectivity index (χ4v) is 3.07. The van der Waals surface area contributed by atoms with Gasteiger partial charge in [0.05, 0.1) is 0 Å². The molecule has 0 unspecified atom stereocenters. The molecule has 1 N–H and O–H groups in total. The van der Waals surface area contributed by atoms with Crippen molar-refractivity contribution in [3.63, 3.8) is 0 Å². The van der Waals surface area contributed by atoms with Gasteiger partial charge < -0.3 is 5.32 Å². The molecule has 23 heavy (non-hydrogen) atoms. The molecule has 2 heterocycles. The van der Waals surface area contributed by atoms with Crippen LogP contribution in [-0.4, -0.2) is 39.7 Å². The summed E-state index contributed by atoms with van der Waals surface area (Å²) in [4.78, 5) is 14.6. The van der Waals surface area contributed by atoms with Crippen LogP contribution >= 0.6 is 11.6 Å². The molecule has 1 aliphatic rings. The van der Waals surface area contributed by atoms with Crippen molar-refractivity contribution in [1.29, 1.82) is 0 Å². The summed E-state index contributed by atoms with van der Waals surface area (Å²) in [6.45, 7) is 2.90. The van der Waals surface area contributed by atoms with Crippen molar-refractivity contribution in [3.8, 4) is 0 Å². The van der Waals surface area contributed by atoms with Crippen molar-refractivity contribution in [3.05, 3.63) is 52.8 Å². The zero-order chi connectivity index (χ0) is 16.2. The standard InChI is InChI=1S/C17H21ClN4O/c1-21-16(6-9-19-21)17(23)20-15-7-10-22(11-8-15)12-13-2-4-14(18)5-3-13/h2-6,9,15H,7-8,10-12H2,1H3,(H,20,23). The molecule has 1 aromatic carbocycles. The number of hydrogen-bond acceptors (Lipinski definition) is 3. The van der Waals surface area contributed by atoms with Crippen LogP contribution in [0.15, 0.2) is 36.5 Å². The maximum Gasteiger partial charge on any atom is 0.269 e. The molecule has 1 aromatic heterocycles. The molecule has 6 heteroatoms. The summed E-state index contributed by atoms with van der Waals surface area (Å²) in [7, 11) is 1.78. The lowest BCUT2D eigenvalue weighted by atomic mass is 10.0. The SMILES string of the molecule is Cn1nccc1C(=O)NC1CCN(Cc2ccc(Cl)cc2)CC1. The monoisotopic (exact) mass is 332 g/mol. The molecule has 0 bridgehead atoms. The van der Waals surface area contributed by atoms with Crippen molar-refractivity contribution in [1.82, 2.24) is 20.0 Å². The second-order valence-electron chi connectivity index (χ2n) is 5.99. The minimum atomic E-state index is -0.0406. The molecule has 0 saturated carbocycles. The highest BCUT2D eigenvalue weighted by Crippen LogP contribution is 2.16. The molecule has 122 valence electrons. The van der Waals surface area contributed by atoms with Gasteiger partial charge in [-0.15, -0.1) is 0 Å². The third kappa shape index (κ3) is 4.12. The quantitative estimate of drug-likeness (QED) is 0.935. The second kappa shape index (κ2) is 7.15. The van der Waals surface area contributed by atoms with Gasteiger partial charge in [-0.1, -0.05) is 23.7 Å². The molecule has 1 amide bonds. The number of amides is 1. The smallest absolute Gasteiger partial charge is 0.269 e. The molecule has 0 aliphatic carbocycles. The average molecular weight is 333 g/mol. The number of halogens is 1. The topological polar surface area (TPSA) is 50.2 Å². The van der Waals surface area contributed by atoms with Crippen molar-refractivity contribution < 1.29 is 4.79 Å². The Labute approximate surface area is 141 Å². The van der Waals surface area contributed by atoms with E-state index in [9.17, 15) is 4.79 Å². The van der Waals surface area contributed by atoms with Gasteiger partial charge >= 0.3 is 0 Å². The molecule has 1 saturated heterocycles.